The van der Waals surface area contributed by atoms with Crippen molar-refractivity contribution in [3.05, 3.63) is 24.2 Å². The van der Waals surface area contributed by atoms with E-state index in [1.807, 2.05) is 12.1 Å². The van der Waals surface area contributed by atoms with Gasteiger partial charge in [-0.25, -0.2) is 4.99 Å². The molecule has 1 rings (SSSR count). The molecular formula is C14H24N4O2. The van der Waals surface area contributed by atoms with Gasteiger partial charge in [0.1, 0.15) is 12.3 Å². The first-order valence-electron chi connectivity index (χ1n) is 6.80. The molecule has 0 radical (unpaired) electrons. The zero-order valence-corrected chi connectivity index (χ0v) is 12.6. The van der Waals surface area contributed by atoms with Crippen molar-refractivity contribution in [2.24, 2.45) is 4.99 Å². The summed E-state index contributed by atoms with van der Waals surface area (Å²) in [4.78, 5) is 17.4. The van der Waals surface area contributed by atoms with Gasteiger partial charge in [-0.3, -0.25) is 4.79 Å². The Morgan fingerprint density at radius 1 is 1.50 bits per heavy atom. The van der Waals surface area contributed by atoms with Crippen molar-refractivity contribution in [1.82, 2.24) is 15.5 Å². The third-order valence-electron chi connectivity index (χ3n) is 2.88. The Hall–Kier alpha value is -1.98. The Morgan fingerprint density at radius 3 is 2.80 bits per heavy atom. The van der Waals surface area contributed by atoms with Crippen LogP contribution in [0.1, 0.15) is 26.0 Å². The van der Waals surface area contributed by atoms with Crippen molar-refractivity contribution < 1.29 is 9.21 Å². The maximum atomic E-state index is 11.6. The molecule has 6 nitrogen and oxygen atoms in total. The number of guanidine groups is 1. The van der Waals surface area contributed by atoms with Crippen molar-refractivity contribution in [1.29, 1.82) is 0 Å². The number of nitrogens with one attached hydrogen (secondary N) is 2. The number of aliphatic imine (C=N–C) groups is 1. The smallest absolute Gasteiger partial charge is 0.243 e. The van der Waals surface area contributed by atoms with E-state index in [0.717, 1.165) is 12.2 Å². The molecule has 1 heterocycles. The van der Waals surface area contributed by atoms with Crippen molar-refractivity contribution in [3.8, 4) is 0 Å². The molecular weight excluding hydrogens is 256 g/mol. The molecule has 1 amide bonds. The molecule has 0 saturated carbocycles. The van der Waals surface area contributed by atoms with Crippen molar-refractivity contribution in [2.75, 3.05) is 20.6 Å². The highest BCUT2D eigenvalue weighted by Crippen LogP contribution is 1.98. The molecule has 1 aromatic heterocycles. The van der Waals surface area contributed by atoms with Gasteiger partial charge >= 0.3 is 0 Å². The van der Waals surface area contributed by atoms with E-state index in [-0.39, 0.29) is 18.5 Å². The summed E-state index contributed by atoms with van der Waals surface area (Å²) in [6.07, 6.45) is 2.61. The Kier molecular flexibility index (Phi) is 6.63. The van der Waals surface area contributed by atoms with E-state index in [1.54, 1.807) is 20.4 Å². The van der Waals surface area contributed by atoms with E-state index in [4.69, 9.17) is 4.42 Å². The maximum Gasteiger partial charge on any atom is 0.243 e. The molecule has 0 aliphatic heterocycles. The van der Waals surface area contributed by atoms with Gasteiger partial charge in [0.15, 0.2) is 5.96 Å². The summed E-state index contributed by atoms with van der Waals surface area (Å²) in [6, 6.07) is 4.01. The van der Waals surface area contributed by atoms with E-state index < -0.39 is 0 Å². The predicted molar refractivity (Wildman–Crippen MR) is 79.4 cm³/mol. The highest BCUT2D eigenvalue weighted by molar-refractivity contribution is 5.84. The Morgan fingerprint density at radius 2 is 2.25 bits per heavy atom. The second kappa shape index (κ2) is 8.24. The zero-order valence-electron chi connectivity index (χ0n) is 12.6. The third-order valence-corrected chi connectivity index (χ3v) is 2.88. The van der Waals surface area contributed by atoms with Gasteiger partial charge in [-0.2, -0.15) is 0 Å². The van der Waals surface area contributed by atoms with Crippen LogP contribution < -0.4 is 10.6 Å². The Labute approximate surface area is 120 Å². The number of carbonyl (C=O) groups is 1. The van der Waals surface area contributed by atoms with E-state index in [1.165, 1.54) is 4.90 Å². The number of amides is 1. The van der Waals surface area contributed by atoms with E-state index in [9.17, 15) is 4.79 Å². The Balaban J connectivity index is 2.59. The molecule has 0 saturated heterocycles. The summed E-state index contributed by atoms with van der Waals surface area (Å²) in [5, 5.41) is 6.41. The first-order valence-corrected chi connectivity index (χ1v) is 6.80. The van der Waals surface area contributed by atoms with Gasteiger partial charge in [0.25, 0.3) is 0 Å². The second-order valence-corrected chi connectivity index (χ2v) is 4.84. The fraction of sp³-hybridized carbons (Fsp3) is 0.571. The molecule has 112 valence electrons. The largest absolute Gasteiger partial charge is 0.467 e. The molecule has 0 aliphatic rings. The average molecular weight is 280 g/mol. The molecule has 0 bridgehead atoms. The lowest BCUT2D eigenvalue weighted by Gasteiger charge is -2.17. The van der Waals surface area contributed by atoms with Crippen LogP contribution in [0.2, 0.25) is 0 Å². The van der Waals surface area contributed by atoms with Crippen LogP contribution in [-0.2, 0) is 11.3 Å². The van der Waals surface area contributed by atoms with Crippen LogP contribution in [0.25, 0.3) is 0 Å². The molecule has 1 unspecified atom stereocenters. The highest BCUT2D eigenvalue weighted by atomic mass is 16.3. The average Bonchev–Trinajstić information content (AvgIpc) is 2.94. The molecule has 1 aromatic rings. The maximum absolute atomic E-state index is 11.6. The van der Waals surface area contributed by atoms with Crippen LogP contribution in [0.15, 0.2) is 27.8 Å². The summed E-state index contributed by atoms with van der Waals surface area (Å²) in [5.41, 5.74) is 0. The van der Waals surface area contributed by atoms with E-state index in [2.05, 4.69) is 29.5 Å². The van der Waals surface area contributed by atoms with Gasteiger partial charge in [0.05, 0.1) is 12.8 Å². The topological polar surface area (TPSA) is 69.9 Å². The van der Waals surface area contributed by atoms with Gasteiger partial charge in [-0.05, 0) is 25.5 Å². The molecule has 0 spiro atoms. The predicted octanol–water partition coefficient (Wildman–Crippen LogP) is 1.20. The molecule has 0 fully saturated rings. The zero-order chi connectivity index (χ0) is 15.0. The summed E-state index contributed by atoms with van der Waals surface area (Å²) in [6.45, 7) is 4.81. The quantitative estimate of drug-likeness (QED) is 0.607. The fourth-order valence-corrected chi connectivity index (χ4v) is 1.36. The first-order chi connectivity index (χ1) is 9.52. The van der Waals surface area contributed by atoms with Gasteiger partial charge in [-0.1, -0.05) is 6.92 Å². The van der Waals surface area contributed by atoms with Crippen LogP contribution >= 0.6 is 0 Å². The molecule has 0 aromatic carbocycles. The highest BCUT2D eigenvalue weighted by Gasteiger charge is 2.07. The standard InChI is InChI=1S/C14H24N4O2/c1-5-11(2)17-14(16-10-13(19)18(3)4)15-9-12-7-6-8-20-12/h6-8,11H,5,9-10H2,1-4H3,(H2,15,16,17). The number of hydrogen-bond acceptors (Lipinski definition) is 3. The molecule has 1 atom stereocenters. The van der Waals surface area contributed by atoms with Crippen LogP contribution in [0.5, 0.6) is 0 Å². The molecule has 6 heteroatoms. The first kappa shape index (κ1) is 16.1. The number of nitrogens with zero attached hydrogens (tertiary/aromatic N) is 2. The fourth-order valence-electron chi connectivity index (χ4n) is 1.36. The van der Waals surface area contributed by atoms with Crippen molar-refractivity contribution >= 4 is 11.9 Å². The van der Waals surface area contributed by atoms with Crippen LogP contribution in [0.4, 0.5) is 0 Å². The lowest BCUT2D eigenvalue weighted by molar-refractivity contribution is -0.127. The van der Waals surface area contributed by atoms with Gasteiger partial charge < -0.3 is 20.0 Å². The third kappa shape index (κ3) is 5.77. The van der Waals surface area contributed by atoms with Gasteiger partial charge in [-0.15, -0.1) is 0 Å². The minimum absolute atomic E-state index is 0.0340. The van der Waals surface area contributed by atoms with Crippen molar-refractivity contribution in [3.63, 3.8) is 0 Å². The molecule has 20 heavy (non-hydrogen) atoms. The van der Waals surface area contributed by atoms with Gasteiger partial charge in [0.2, 0.25) is 5.91 Å². The van der Waals surface area contributed by atoms with Crippen molar-refractivity contribution in [2.45, 2.75) is 32.9 Å². The second-order valence-electron chi connectivity index (χ2n) is 4.84. The Bertz CT molecular complexity index is 426. The SMILES string of the molecule is CCC(C)NC(=NCC(=O)N(C)C)NCc1ccco1. The summed E-state index contributed by atoms with van der Waals surface area (Å²) in [7, 11) is 3.44. The number of carbonyl (C=O) groups excluding carboxylic acids is 1. The monoisotopic (exact) mass is 280 g/mol. The number of likely N-dealkylation sites (N-methyl/N-ethyl adjacent to an activating group) is 1. The van der Waals surface area contributed by atoms with Gasteiger partial charge in [0, 0.05) is 20.1 Å². The summed E-state index contributed by atoms with van der Waals surface area (Å²) in [5.74, 6) is 1.40. The number of rotatable bonds is 6. The lowest BCUT2D eigenvalue weighted by atomic mass is 10.3. The summed E-state index contributed by atoms with van der Waals surface area (Å²) < 4.78 is 5.26. The van der Waals surface area contributed by atoms with Crippen LogP contribution in [0.3, 0.4) is 0 Å². The minimum Gasteiger partial charge on any atom is -0.467 e. The number of hydrogen-bond donors (Lipinski definition) is 2. The van der Waals surface area contributed by atoms with E-state index in [0.29, 0.717) is 12.5 Å². The molecule has 2 N–H and O–H groups in total. The van der Waals surface area contributed by atoms with Crippen LogP contribution in [-0.4, -0.2) is 43.4 Å². The molecule has 0 aliphatic carbocycles. The normalized spacial score (nSPS) is 12.9. The van der Waals surface area contributed by atoms with Crippen LogP contribution in [0, 0.1) is 0 Å². The summed E-state index contributed by atoms with van der Waals surface area (Å²) >= 11 is 0. The minimum atomic E-state index is -0.0340. The lowest BCUT2D eigenvalue weighted by Crippen LogP contribution is -2.42. The number of furan rings is 1. The van der Waals surface area contributed by atoms with E-state index >= 15 is 0 Å².